The molecule has 1 heterocycles. The number of nitrogens with zero attached hydrogens (tertiary/aromatic N) is 1. The van der Waals surface area contributed by atoms with Gasteiger partial charge in [-0.1, -0.05) is 0 Å². The van der Waals surface area contributed by atoms with Gasteiger partial charge in [-0.15, -0.1) is 0 Å². The van der Waals surface area contributed by atoms with Crippen LogP contribution in [0.5, 0.6) is 0 Å². The molecule has 16 heavy (non-hydrogen) atoms. The third-order valence-electron chi connectivity index (χ3n) is 2.52. The molecule has 82 valence electrons. The number of hydrogen-bond acceptors (Lipinski definition) is 3. The molecule has 0 unspecified atom stereocenters. The summed E-state index contributed by atoms with van der Waals surface area (Å²) >= 11 is 0. The van der Waals surface area contributed by atoms with Gasteiger partial charge in [0, 0.05) is 24.3 Å². The van der Waals surface area contributed by atoms with Crippen LogP contribution in [0.1, 0.15) is 18.4 Å². The molecule has 2 N–H and O–H groups in total. The van der Waals surface area contributed by atoms with E-state index in [0.717, 1.165) is 29.9 Å². The highest BCUT2D eigenvalue weighted by Crippen LogP contribution is 2.25. The van der Waals surface area contributed by atoms with Crippen molar-refractivity contribution in [2.24, 2.45) is 0 Å². The Morgan fingerprint density at radius 2 is 2.38 bits per heavy atom. The molecule has 1 aliphatic rings. The third-order valence-corrected chi connectivity index (χ3v) is 2.52. The summed E-state index contributed by atoms with van der Waals surface area (Å²) < 4.78 is 0. The Bertz CT molecular complexity index is 448. The summed E-state index contributed by atoms with van der Waals surface area (Å²) in [6.07, 6.45) is 1.87. The molecule has 1 aliphatic heterocycles. The fourth-order valence-electron chi connectivity index (χ4n) is 1.74. The largest absolute Gasteiger partial charge is 0.385 e. The quantitative estimate of drug-likeness (QED) is 0.754. The van der Waals surface area contributed by atoms with E-state index in [-0.39, 0.29) is 5.91 Å². The van der Waals surface area contributed by atoms with E-state index in [1.807, 2.05) is 18.2 Å². The van der Waals surface area contributed by atoms with Gasteiger partial charge in [-0.25, -0.2) is 0 Å². The fraction of sp³-hybridized carbons (Fsp3) is 0.333. The second-order valence-corrected chi connectivity index (χ2v) is 3.79. The van der Waals surface area contributed by atoms with Gasteiger partial charge in [-0.2, -0.15) is 5.26 Å². The van der Waals surface area contributed by atoms with E-state index < -0.39 is 0 Å². The smallest absolute Gasteiger partial charge is 0.228 e. The molecule has 0 saturated carbocycles. The van der Waals surface area contributed by atoms with Crippen LogP contribution in [0.25, 0.3) is 0 Å². The Hall–Kier alpha value is -2.02. The van der Waals surface area contributed by atoms with Gasteiger partial charge in [0.05, 0.1) is 12.5 Å². The number of nitriles is 1. The minimum atomic E-state index is 0.0524. The Balaban J connectivity index is 1.95. The van der Waals surface area contributed by atoms with Gasteiger partial charge >= 0.3 is 0 Å². The zero-order chi connectivity index (χ0) is 11.4. The summed E-state index contributed by atoms with van der Waals surface area (Å²) in [6, 6.07) is 7.94. The van der Waals surface area contributed by atoms with Crippen LogP contribution in [0.2, 0.25) is 0 Å². The predicted octanol–water partition coefficient (Wildman–Crippen LogP) is 1.90. The molecule has 0 aromatic heterocycles. The van der Waals surface area contributed by atoms with Gasteiger partial charge in [0.15, 0.2) is 0 Å². The Morgan fingerprint density at radius 3 is 3.19 bits per heavy atom. The van der Waals surface area contributed by atoms with Crippen molar-refractivity contribution in [1.29, 1.82) is 5.26 Å². The van der Waals surface area contributed by atoms with E-state index >= 15 is 0 Å². The maximum absolute atomic E-state index is 11.1. The number of carbonyl (C=O) groups excluding carboxylic acids is 1. The lowest BCUT2D eigenvalue weighted by molar-refractivity contribution is -0.115. The second-order valence-electron chi connectivity index (χ2n) is 3.79. The minimum Gasteiger partial charge on any atom is -0.385 e. The minimum absolute atomic E-state index is 0.0524. The summed E-state index contributed by atoms with van der Waals surface area (Å²) in [6.45, 7) is 0.785. The van der Waals surface area contributed by atoms with E-state index in [1.54, 1.807) is 0 Å². The predicted molar refractivity (Wildman–Crippen MR) is 62.1 cm³/mol. The molecule has 1 aromatic rings. The van der Waals surface area contributed by atoms with E-state index in [1.165, 1.54) is 0 Å². The lowest BCUT2D eigenvalue weighted by Crippen LogP contribution is -2.03. The Labute approximate surface area is 94.3 Å². The van der Waals surface area contributed by atoms with E-state index in [9.17, 15) is 4.79 Å². The standard InChI is InChI=1S/C12H13N3O/c13-5-1-2-6-14-10-3-4-11-9(7-10)8-12(16)15-11/h3-4,7,14H,1-2,6,8H2,(H,15,16). The van der Waals surface area contributed by atoms with Crippen molar-refractivity contribution < 1.29 is 4.79 Å². The molecule has 2 rings (SSSR count). The molecule has 4 nitrogen and oxygen atoms in total. The number of rotatable bonds is 4. The summed E-state index contributed by atoms with van der Waals surface area (Å²) in [7, 11) is 0. The molecule has 0 atom stereocenters. The van der Waals surface area contributed by atoms with Gasteiger partial charge in [-0.05, 0) is 30.2 Å². The average molecular weight is 215 g/mol. The van der Waals surface area contributed by atoms with Crippen molar-refractivity contribution >= 4 is 17.3 Å². The lowest BCUT2D eigenvalue weighted by Gasteiger charge is -2.06. The lowest BCUT2D eigenvalue weighted by atomic mass is 10.1. The van der Waals surface area contributed by atoms with Crippen LogP contribution in [0.15, 0.2) is 18.2 Å². The molecule has 0 radical (unpaired) electrons. The first kappa shape index (κ1) is 10.5. The van der Waals surface area contributed by atoms with Crippen LogP contribution in [0.4, 0.5) is 11.4 Å². The molecule has 0 fully saturated rings. The molecule has 1 aromatic carbocycles. The van der Waals surface area contributed by atoms with E-state index in [0.29, 0.717) is 12.8 Å². The number of hydrogen-bond donors (Lipinski definition) is 2. The number of nitrogens with one attached hydrogen (secondary N) is 2. The SMILES string of the molecule is N#CCCCNc1ccc2c(c1)CC(=O)N2. The fourth-order valence-corrected chi connectivity index (χ4v) is 1.74. The monoisotopic (exact) mass is 215 g/mol. The van der Waals surface area contributed by atoms with Gasteiger partial charge in [-0.3, -0.25) is 4.79 Å². The van der Waals surface area contributed by atoms with E-state index in [2.05, 4.69) is 16.7 Å². The van der Waals surface area contributed by atoms with Gasteiger partial charge < -0.3 is 10.6 Å². The Kier molecular flexibility index (Phi) is 3.06. The topological polar surface area (TPSA) is 64.9 Å². The number of fused-ring (bicyclic) bond motifs is 1. The highest BCUT2D eigenvalue weighted by atomic mass is 16.1. The maximum atomic E-state index is 11.1. The van der Waals surface area contributed by atoms with Gasteiger partial charge in [0.25, 0.3) is 0 Å². The van der Waals surface area contributed by atoms with Crippen LogP contribution in [-0.2, 0) is 11.2 Å². The van der Waals surface area contributed by atoms with Crippen molar-refractivity contribution in [3.05, 3.63) is 23.8 Å². The van der Waals surface area contributed by atoms with Gasteiger partial charge in [0.2, 0.25) is 5.91 Å². The zero-order valence-electron chi connectivity index (χ0n) is 8.92. The molecule has 0 spiro atoms. The number of carbonyl (C=O) groups is 1. The Morgan fingerprint density at radius 1 is 1.50 bits per heavy atom. The molecule has 0 aliphatic carbocycles. The van der Waals surface area contributed by atoms with Crippen LogP contribution in [0.3, 0.4) is 0 Å². The van der Waals surface area contributed by atoms with Crippen molar-refractivity contribution in [1.82, 2.24) is 0 Å². The van der Waals surface area contributed by atoms with Crippen LogP contribution < -0.4 is 10.6 Å². The van der Waals surface area contributed by atoms with Crippen molar-refractivity contribution in [2.75, 3.05) is 17.2 Å². The normalized spacial score (nSPS) is 12.8. The van der Waals surface area contributed by atoms with Crippen molar-refractivity contribution in [2.45, 2.75) is 19.3 Å². The highest BCUT2D eigenvalue weighted by molar-refractivity contribution is 5.99. The van der Waals surface area contributed by atoms with Gasteiger partial charge in [0.1, 0.15) is 0 Å². The molecule has 0 saturated heterocycles. The first-order valence-electron chi connectivity index (χ1n) is 5.33. The molecular weight excluding hydrogens is 202 g/mol. The number of benzene rings is 1. The van der Waals surface area contributed by atoms with Crippen molar-refractivity contribution in [3.63, 3.8) is 0 Å². The molecule has 1 amide bonds. The third kappa shape index (κ3) is 2.31. The first-order chi connectivity index (χ1) is 7.79. The summed E-state index contributed by atoms with van der Waals surface area (Å²) in [5, 5.41) is 14.4. The summed E-state index contributed by atoms with van der Waals surface area (Å²) in [5.41, 5.74) is 2.95. The zero-order valence-corrected chi connectivity index (χ0v) is 8.92. The molecular formula is C12H13N3O. The average Bonchev–Trinajstić information content (AvgIpc) is 2.64. The second kappa shape index (κ2) is 4.67. The maximum Gasteiger partial charge on any atom is 0.228 e. The summed E-state index contributed by atoms with van der Waals surface area (Å²) in [4.78, 5) is 11.1. The number of unbranched alkanes of at least 4 members (excludes halogenated alkanes) is 1. The molecule has 0 bridgehead atoms. The number of amides is 1. The highest BCUT2D eigenvalue weighted by Gasteiger charge is 2.17. The van der Waals surface area contributed by atoms with Crippen molar-refractivity contribution in [3.8, 4) is 6.07 Å². The van der Waals surface area contributed by atoms with E-state index in [4.69, 9.17) is 5.26 Å². The van der Waals surface area contributed by atoms with Crippen LogP contribution in [0, 0.1) is 11.3 Å². The van der Waals surface area contributed by atoms with Crippen LogP contribution in [-0.4, -0.2) is 12.5 Å². The first-order valence-corrected chi connectivity index (χ1v) is 5.33. The number of anilines is 2. The molecule has 4 heteroatoms. The van der Waals surface area contributed by atoms with Crippen LogP contribution >= 0.6 is 0 Å². The summed E-state index contributed by atoms with van der Waals surface area (Å²) in [5.74, 6) is 0.0524.